The van der Waals surface area contributed by atoms with E-state index in [1.165, 1.54) is 0 Å². The standard InChI is InChI=1S/C25H27NO6/c1-15-22(25(28)32-12-11-29-2)24(21-9-6-10-31-21)23-18(26-15)13-16(14-19(23)27)17-7-4-5-8-20(17)30-3/h4-10,16,22,24H,11-14H2,1-3H3. The number of furan rings is 1. The molecular weight excluding hydrogens is 410 g/mol. The van der Waals surface area contributed by atoms with E-state index in [1.807, 2.05) is 24.3 Å². The molecule has 1 aromatic carbocycles. The van der Waals surface area contributed by atoms with Crippen LogP contribution in [0, 0.1) is 5.92 Å². The Balaban J connectivity index is 1.72. The highest BCUT2D eigenvalue weighted by atomic mass is 16.6. The zero-order chi connectivity index (χ0) is 22.7. The van der Waals surface area contributed by atoms with Gasteiger partial charge in [-0.05, 0) is 37.1 Å². The zero-order valence-electron chi connectivity index (χ0n) is 18.5. The molecule has 2 heterocycles. The minimum absolute atomic E-state index is 0.0329. The average molecular weight is 437 g/mol. The van der Waals surface area contributed by atoms with Gasteiger partial charge in [0.1, 0.15) is 24.0 Å². The molecule has 0 bridgehead atoms. The number of ketones is 1. The summed E-state index contributed by atoms with van der Waals surface area (Å²) >= 11 is 0. The Hall–Kier alpha value is -3.19. The van der Waals surface area contributed by atoms with Gasteiger partial charge in [0.05, 0.1) is 25.9 Å². The van der Waals surface area contributed by atoms with E-state index in [0.29, 0.717) is 42.2 Å². The predicted molar refractivity (Wildman–Crippen MR) is 118 cm³/mol. The number of para-hydroxylation sites is 1. The number of allylic oxidation sites excluding steroid dienone is 2. The van der Waals surface area contributed by atoms with Crippen molar-refractivity contribution in [3.8, 4) is 5.75 Å². The van der Waals surface area contributed by atoms with Crippen LogP contribution >= 0.6 is 0 Å². The SMILES string of the molecule is COCCOC(=O)C1C(C)=NC2=C(C(=O)CC(c3ccccc3OC)C2)C1c1ccco1. The Labute approximate surface area is 187 Å². The quantitative estimate of drug-likeness (QED) is 0.480. The molecule has 168 valence electrons. The van der Waals surface area contributed by atoms with E-state index in [9.17, 15) is 9.59 Å². The molecule has 0 amide bonds. The predicted octanol–water partition coefficient (Wildman–Crippen LogP) is 4.05. The summed E-state index contributed by atoms with van der Waals surface area (Å²) < 4.78 is 21.6. The molecule has 4 rings (SSSR count). The molecule has 2 aromatic rings. The van der Waals surface area contributed by atoms with Crippen molar-refractivity contribution in [2.75, 3.05) is 27.4 Å². The number of methoxy groups -OCH3 is 2. The Morgan fingerprint density at radius 3 is 2.66 bits per heavy atom. The monoisotopic (exact) mass is 437 g/mol. The number of hydrogen-bond donors (Lipinski definition) is 0. The van der Waals surface area contributed by atoms with E-state index >= 15 is 0 Å². The fourth-order valence-electron chi connectivity index (χ4n) is 4.68. The molecule has 32 heavy (non-hydrogen) atoms. The number of nitrogens with zero attached hydrogens (tertiary/aromatic N) is 1. The van der Waals surface area contributed by atoms with Crippen molar-refractivity contribution in [1.29, 1.82) is 0 Å². The normalized spacial score (nSPS) is 22.9. The van der Waals surface area contributed by atoms with Crippen LogP contribution in [0.2, 0.25) is 0 Å². The third kappa shape index (κ3) is 4.12. The molecule has 0 fully saturated rings. The van der Waals surface area contributed by atoms with Crippen molar-refractivity contribution in [2.45, 2.75) is 31.6 Å². The van der Waals surface area contributed by atoms with E-state index in [0.717, 1.165) is 11.3 Å². The second-order valence-electron chi connectivity index (χ2n) is 8.01. The van der Waals surface area contributed by atoms with Gasteiger partial charge in [0.2, 0.25) is 0 Å². The summed E-state index contributed by atoms with van der Waals surface area (Å²) in [6, 6.07) is 11.3. The number of rotatable bonds is 7. The molecular formula is C25H27NO6. The summed E-state index contributed by atoms with van der Waals surface area (Å²) in [6.45, 7) is 2.24. The molecule has 1 aliphatic carbocycles. The van der Waals surface area contributed by atoms with Gasteiger partial charge in [-0.3, -0.25) is 14.6 Å². The van der Waals surface area contributed by atoms with Gasteiger partial charge < -0.3 is 18.6 Å². The van der Waals surface area contributed by atoms with Crippen molar-refractivity contribution in [3.05, 3.63) is 65.3 Å². The third-order valence-electron chi connectivity index (χ3n) is 6.10. The lowest BCUT2D eigenvalue weighted by molar-refractivity contribution is -0.148. The Kier molecular flexibility index (Phi) is 6.55. The summed E-state index contributed by atoms with van der Waals surface area (Å²) in [6.07, 6.45) is 2.45. The van der Waals surface area contributed by atoms with E-state index in [-0.39, 0.29) is 18.3 Å². The third-order valence-corrected chi connectivity index (χ3v) is 6.10. The second kappa shape index (κ2) is 9.53. The molecule has 1 aromatic heterocycles. The average Bonchev–Trinajstić information content (AvgIpc) is 3.32. The summed E-state index contributed by atoms with van der Waals surface area (Å²) in [7, 11) is 3.17. The molecule has 0 saturated heterocycles. The number of ether oxygens (including phenoxy) is 3. The molecule has 1 aliphatic heterocycles. The van der Waals surface area contributed by atoms with Crippen LogP contribution in [0.1, 0.15) is 42.9 Å². The lowest BCUT2D eigenvalue weighted by atomic mass is 9.70. The van der Waals surface area contributed by atoms with Crippen LogP contribution in [-0.2, 0) is 19.1 Å². The first-order valence-electron chi connectivity index (χ1n) is 10.7. The van der Waals surface area contributed by atoms with Crippen molar-refractivity contribution in [1.82, 2.24) is 0 Å². The highest BCUT2D eigenvalue weighted by molar-refractivity contribution is 6.09. The Bertz CT molecular complexity index is 1050. The van der Waals surface area contributed by atoms with Crippen LogP contribution in [0.15, 0.2) is 63.3 Å². The number of esters is 1. The number of carbonyl (C=O) groups is 2. The summed E-state index contributed by atoms with van der Waals surface area (Å²) in [4.78, 5) is 31.2. The van der Waals surface area contributed by atoms with Gasteiger partial charge in [0, 0.05) is 36.4 Å². The molecule has 7 heteroatoms. The highest BCUT2D eigenvalue weighted by Crippen LogP contribution is 2.47. The van der Waals surface area contributed by atoms with E-state index in [2.05, 4.69) is 0 Å². The van der Waals surface area contributed by atoms with Crippen LogP contribution in [0.4, 0.5) is 0 Å². The highest BCUT2D eigenvalue weighted by Gasteiger charge is 2.46. The number of Topliss-reactive ketones (excluding diaryl/α,β-unsaturated/α-hetero) is 1. The lowest BCUT2D eigenvalue weighted by Gasteiger charge is -2.35. The lowest BCUT2D eigenvalue weighted by Crippen LogP contribution is -2.38. The maximum Gasteiger partial charge on any atom is 0.315 e. The summed E-state index contributed by atoms with van der Waals surface area (Å²) in [5.41, 5.74) is 2.85. The summed E-state index contributed by atoms with van der Waals surface area (Å²) in [5.74, 6) is -0.471. The van der Waals surface area contributed by atoms with E-state index in [1.54, 1.807) is 39.5 Å². The maximum atomic E-state index is 13.5. The molecule has 3 atom stereocenters. The largest absolute Gasteiger partial charge is 0.496 e. The topological polar surface area (TPSA) is 87.3 Å². The van der Waals surface area contributed by atoms with Gasteiger partial charge in [-0.1, -0.05) is 18.2 Å². The molecule has 0 saturated carbocycles. The van der Waals surface area contributed by atoms with Crippen molar-refractivity contribution >= 4 is 17.5 Å². The van der Waals surface area contributed by atoms with Gasteiger partial charge in [0.15, 0.2) is 5.78 Å². The van der Waals surface area contributed by atoms with E-state index < -0.39 is 17.8 Å². The van der Waals surface area contributed by atoms with Crippen LogP contribution < -0.4 is 4.74 Å². The molecule has 2 aliphatic rings. The molecule has 0 radical (unpaired) electrons. The first-order valence-corrected chi connectivity index (χ1v) is 10.7. The first-order chi connectivity index (χ1) is 15.5. The smallest absolute Gasteiger partial charge is 0.315 e. The van der Waals surface area contributed by atoms with Crippen LogP contribution in [0.25, 0.3) is 0 Å². The van der Waals surface area contributed by atoms with Crippen molar-refractivity contribution in [2.24, 2.45) is 10.9 Å². The number of aliphatic imine (C=N–C) groups is 1. The van der Waals surface area contributed by atoms with Gasteiger partial charge in [-0.25, -0.2) is 0 Å². The second-order valence-corrected chi connectivity index (χ2v) is 8.01. The van der Waals surface area contributed by atoms with Crippen molar-refractivity contribution in [3.63, 3.8) is 0 Å². The summed E-state index contributed by atoms with van der Waals surface area (Å²) in [5, 5.41) is 0. The van der Waals surface area contributed by atoms with Crippen LogP contribution in [-0.4, -0.2) is 44.9 Å². The fourth-order valence-corrected chi connectivity index (χ4v) is 4.68. The molecule has 7 nitrogen and oxygen atoms in total. The first kappa shape index (κ1) is 22.0. The Morgan fingerprint density at radius 1 is 1.12 bits per heavy atom. The van der Waals surface area contributed by atoms with E-state index in [4.69, 9.17) is 23.6 Å². The van der Waals surface area contributed by atoms with Gasteiger partial charge in [-0.2, -0.15) is 0 Å². The number of carbonyl (C=O) groups excluding carboxylic acids is 2. The Morgan fingerprint density at radius 2 is 1.94 bits per heavy atom. The minimum atomic E-state index is -0.719. The fraction of sp³-hybridized carbons (Fsp3) is 0.400. The minimum Gasteiger partial charge on any atom is -0.496 e. The van der Waals surface area contributed by atoms with Gasteiger partial charge in [0.25, 0.3) is 0 Å². The molecule has 0 N–H and O–H groups in total. The maximum absolute atomic E-state index is 13.5. The van der Waals surface area contributed by atoms with Crippen molar-refractivity contribution < 1.29 is 28.2 Å². The van der Waals surface area contributed by atoms with Gasteiger partial charge in [-0.15, -0.1) is 0 Å². The number of benzene rings is 1. The van der Waals surface area contributed by atoms with Gasteiger partial charge >= 0.3 is 5.97 Å². The van der Waals surface area contributed by atoms with Crippen LogP contribution in [0.3, 0.4) is 0 Å². The number of hydrogen-bond acceptors (Lipinski definition) is 7. The molecule has 0 spiro atoms. The van der Waals surface area contributed by atoms with Crippen LogP contribution in [0.5, 0.6) is 5.75 Å². The molecule has 3 unspecified atom stereocenters. The zero-order valence-corrected chi connectivity index (χ0v) is 18.5.